The van der Waals surface area contributed by atoms with Gasteiger partial charge in [0.25, 0.3) is 0 Å². The van der Waals surface area contributed by atoms with Crippen LogP contribution in [0.2, 0.25) is 0 Å². The average Bonchev–Trinajstić information content (AvgIpc) is 2.35. The average molecular weight is 227 g/mol. The molecule has 0 saturated heterocycles. The van der Waals surface area contributed by atoms with Crippen molar-refractivity contribution in [3.63, 3.8) is 0 Å². The molecule has 0 aromatic heterocycles. The summed E-state index contributed by atoms with van der Waals surface area (Å²) in [5, 5.41) is 3.45. The van der Waals surface area contributed by atoms with E-state index in [1.165, 1.54) is 16.7 Å². The minimum Gasteiger partial charge on any atom is -0.309 e. The van der Waals surface area contributed by atoms with E-state index in [-0.39, 0.29) is 0 Å². The van der Waals surface area contributed by atoms with Crippen molar-refractivity contribution in [2.45, 2.75) is 20.4 Å². The molecule has 0 aliphatic heterocycles. The number of hydrogen-bond donors (Lipinski definition) is 1. The number of nitrogens with one attached hydrogen (secondary N) is 1. The predicted octanol–water partition coefficient (Wildman–Crippen LogP) is 3.77. The molecule has 1 rings (SSSR count). The zero-order valence-electron chi connectivity index (χ0n) is 10.7. The van der Waals surface area contributed by atoms with E-state index in [0.717, 1.165) is 13.1 Å². The highest BCUT2D eigenvalue weighted by Crippen LogP contribution is 2.06. The van der Waals surface area contributed by atoms with Crippen molar-refractivity contribution in [2.75, 3.05) is 6.54 Å². The van der Waals surface area contributed by atoms with Crippen LogP contribution in [0.25, 0.3) is 0 Å². The van der Waals surface area contributed by atoms with Crippen molar-refractivity contribution >= 4 is 0 Å². The van der Waals surface area contributed by atoms with Gasteiger partial charge in [0.15, 0.2) is 0 Å². The topological polar surface area (TPSA) is 12.0 Å². The third kappa shape index (κ3) is 4.83. The molecule has 1 N–H and O–H groups in total. The first-order valence-electron chi connectivity index (χ1n) is 5.97. The number of hydrogen-bond acceptors (Lipinski definition) is 1. The zero-order valence-corrected chi connectivity index (χ0v) is 10.7. The lowest BCUT2D eigenvalue weighted by Gasteiger charge is -2.08. The molecule has 90 valence electrons. The molecule has 0 aliphatic rings. The molecule has 0 atom stereocenters. The molecule has 1 aromatic carbocycles. The van der Waals surface area contributed by atoms with Crippen LogP contribution in [0.15, 0.2) is 60.7 Å². The highest BCUT2D eigenvalue weighted by Gasteiger charge is 1.96. The van der Waals surface area contributed by atoms with Gasteiger partial charge < -0.3 is 5.32 Å². The Morgan fingerprint density at radius 2 is 2.12 bits per heavy atom. The van der Waals surface area contributed by atoms with Gasteiger partial charge in [-0.2, -0.15) is 0 Å². The third-order valence-electron chi connectivity index (χ3n) is 2.72. The number of rotatable bonds is 6. The largest absolute Gasteiger partial charge is 0.309 e. The summed E-state index contributed by atoms with van der Waals surface area (Å²) in [4.78, 5) is 0. The number of aryl methyl sites for hydroxylation is 1. The van der Waals surface area contributed by atoms with E-state index in [1.807, 2.05) is 6.08 Å². The Hall–Kier alpha value is -1.60. The monoisotopic (exact) mass is 227 g/mol. The van der Waals surface area contributed by atoms with Crippen LogP contribution in [0.3, 0.4) is 0 Å². The van der Waals surface area contributed by atoms with Crippen LogP contribution in [-0.2, 0) is 6.54 Å². The van der Waals surface area contributed by atoms with Crippen LogP contribution >= 0.6 is 0 Å². The second-order valence-electron chi connectivity index (χ2n) is 3.99. The molecule has 0 aliphatic carbocycles. The summed E-state index contributed by atoms with van der Waals surface area (Å²) >= 11 is 0. The van der Waals surface area contributed by atoms with Crippen molar-refractivity contribution in [2.24, 2.45) is 0 Å². The van der Waals surface area contributed by atoms with E-state index in [2.05, 4.69) is 62.2 Å². The molecule has 0 bridgehead atoms. The van der Waals surface area contributed by atoms with Gasteiger partial charge in [-0.05, 0) is 30.5 Å². The van der Waals surface area contributed by atoms with Crippen LogP contribution in [0.1, 0.15) is 18.1 Å². The van der Waals surface area contributed by atoms with Gasteiger partial charge in [-0.15, -0.1) is 0 Å². The van der Waals surface area contributed by atoms with Crippen LogP contribution in [-0.4, -0.2) is 6.54 Å². The van der Waals surface area contributed by atoms with Gasteiger partial charge in [-0.25, -0.2) is 0 Å². The van der Waals surface area contributed by atoms with E-state index in [9.17, 15) is 0 Å². The van der Waals surface area contributed by atoms with Crippen LogP contribution < -0.4 is 5.32 Å². The molecule has 1 aromatic rings. The van der Waals surface area contributed by atoms with Crippen molar-refractivity contribution in [1.82, 2.24) is 5.32 Å². The molecule has 0 saturated carbocycles. The van der Waals surface area contributed by atoms with E-state index >= 15 is 0 Å². The van der Waals surface area contributed by atoms with Gasteiger partial charge in [-0.3, -0.25) is 0 Å². The van der Waals surface area contributed by atoms with Gasteiger partial charge in [0.05, 0.1) is 0 Å². The van der Waals surface area contributed by atoms with Gasteiger partial charge >= 0.3 is 0 Å². The van der Waals surface area contributed by atoms with E-state index in [4.69, 9.17) is 0 Å². The van der Waals surface area contributed by atoms with E-state index < -0.39 is 0 Å². The Kier molecular flexibility index (Phi) is 6.05. The van der Waals surface area contributed by atoms with E-state index in [0.29, 0.717) is 0 Å². The standard InChI is InChI=1S/C16H21N/c1-4-6-10-15(5-2)12-17-13-16-11-8-7-9-14(16)3/h4-11,17H,1,12-13H2,2-3H3/b10-6-,15-5+. The Labute approximate surface area is 105 Å². The first-order chi connectivity index (χ1) is 8.27. The summed E-state index contributed by atoms with van der Waals surface area (Å²) in [7, 11) is 0. The molecular formula is C16H21N. The molecule has 0 radical (unpaired) electrons. The molecule has 0 spiro atoms. The molecule has 17 heavy (non-hydrogen) atoms. The minimum absolute atomic E-state index is 0.884. The predicted molar refractivity (Wildman–Crippen MR) is 76.0 cm³/mol. The quantitative estimate of drug-likeness (QED) is 0.729. The summed E-state index contributed by atoms with van der Waals surface area (Å²) in [5.74, 6) is 0. The molecule has 0 unspecified atom stereocenters. The van der Waals surface area contributed by atoms with Crippen LogP contribution in [0.4, 0.5) is 0 Å². The van der Waals surface area contributed by atoms with Crippen LogP contribution in [0.5, 0.6) is 0 Å². The maximum atomic E-state index is 3.67. The molecule has 1 nitrogen and oxygen atoms in total. The van der Waals surface area contributed by atoms with Gasteiger partial charge in [-0.1, -0.05) is 55.1 Å². The Morgan fingerprint density at radius 1 is 1.35 bits per heavy atom. The Morgan fingerprint density at radius 3 is 2.76 bits per heavy atom. The number of benzene rings is 1. The van der Waals surface area contributed by atoms with Crippen molar-refractivity contribution in [3.8, 4) is 0 Å². The summed E-state index contributed by atoms with van der Waals surface area (Å²) < 4.78 is 0. The van der Waals surface area contributed by atoms with Crippen LogP contribution in [0, 0.1) is 6.92 Å². The fourth-order valence-electron chi connectivity index (χ4n) is 1.60. The van der Waals surface area contributed by atoms with Crippen molar-refractivity contribution < 1.29 is 0 Å². The van der Waals surface area contributed by atoms with E-state index in [1.54, 1.807) is 6.08 Å². The summed E-state index contributed by atoms with van der Waals surface area (Å²) in [5.41, 5.74) is 3.97. The summed E-state index contributed by atoms with van der Waals surface area (Å²) in [6, 6.07) is 8.46. The summed E-state index contributed by atoms with van der Waals surface area (Å²) in [6.45, 7) is 9.66. The van der Waals surface area contributed by atoms with Gasteiger partial charge in [0.2, 0.25) is 0 Å². The highest BCUT2D eigenvalue weighted by atomic mass is 14.8. The lowest BCUT2D eigenvalue weighted by molar-refractivity contribution is 0.743. The first kappa shape index (κ1) is 13.5. The number of allylic oxidation sites excluding steroid dienone is 3. The lowest BCUT2D eigenvalue weighted by Crippen LogP contribution is -2.16. The second kappa shape index (κ2) is 7.64. The maximum Gasteiger partial charge on any atom is 0.0211 e. The normalized spacial score (nSPS) is 12.0. The Bertz CT molecular complexity index is 413. The smallest absolute Gasteiger partial charge is 0.0211 e. The zero-order chi connectivity index (χ0) is 12.5. The molecular weight excluding hydrogens is 206 g/mol. The summed E-state index contributed by atoms with van der Waals surface area (Å²) in [6.07, 6.45) is 7.96. The minimum atomic E-state index is 0.884. The molecule has 0 fully saturated rings. The third-order valence-corrected chi connectivity index (χ3v) is 2.72. The second-order valence-corrected chi connectivity index (χ2v) is 3.99. The van der Waals surface area contributed by atoms with Gasteiger partial charge in [0.1, 0.15) is 0 Å². The Balaban J connectivity index is 2.45. The molecule has 0 heterocycles. The van der Waals surface area contributed by atoms with Gasteiger partial charge in [0, 0.05) is 13.1 Å². The fourth-order valence-corrected chi connectivity index (χ4v) is 1.60. The molecule has 0 amide bonds. The van der Waals surface area contributed by atoms with Crippen molar-refractivity contribution in [1.29, 1.82) is 0 Å². The SMILES string of the molecule is C=C/C=C\C(=C/C)CNCc1ccccc1C. The molecule has 1 heteroatoms. The lowest BCUT2D eigenvalue weighted by atomic mass is 10.1. The maximum absolute atomic E-state index is 3.67. The first-order valence-corrected chi connectivity index (χ1v) is 5.97. The fraction of sp³-hybridized carbons (Fsp3) is 0.250. The highest BCUT2D eigenvalue weighted by molar-refractivity contribution is 5.26. The van der Waals surface area contributed by atoms with Crippen molar-refractivity contribution in [3.05, 3.63) is 71.8 Å².